The van der Waals surface area contributed by atoms with Crippen molar-refractivity contribution in [3.63, 3.8) is 0 Å². The number of alkyl halides is 3. The van der Waals surface area contributed by atoms with Crippen molar-refractivity contribution in [2.24, 2.45) is 5.92 Å². The quantitative estimate of drug-likeness (QED) is 0.702. The van der Waals surface area contributed by atoms with Crippen LogP contribution in [0.4, 0.5) is 5.95 Å². The zero-order valence-corrected chi connectivity index (χ0v) is 17.2. The van der Waals surface area contributed by atoms with E-state index in [1.54, 1.807) is 12.1 Å². The standard InChI is InChI=1S/C17H19Cl4N5/c1-26-8-6-11(7-9-26)10-22-16-24-14(12-2-4-13(18)5-3-12)23-15(25-16)17(19,20)21/h2-5,11H,6-10H2,1H3,(H,22,23,24,25). The van der Waals surface area contributed by atoms with Crippen molar-refractivity contribution in [1.82, 2.24) is 19.9 Å². The number of hydrogen-bond donors (Lipinski definition) is 1. The van der Waals surface area contributed by atoms with Gasteiger partial charge in [0.15, 0.2) is 11.6 Å². The maximum atomic E-state index is 6.00. The Balaban J connectivity index is 1.82. The third-order valence-electron chi connectivity index (χ3n) is 4.38. The molecule has 0 unspecified atom stereocenters. The number of benzene rings is 1. The van der Waals surface area contributed by atoms with Crippen LogP contribution in [0.1, 0.15) is 18.7 Å². The van der Waals surface area contributed by atoms with E-state index in [1.165, 1.54) is 0 Å². The van der Waals surface area contributed by atoms with E-state index in [4.69, 9.17) is 46.4 Å². The molecule has 0 bridgehead atoms. The fourth-order valence-electron chi connectivity index (χ4n) is 2.81. The average molecular weight is 435 g/mol. The topological polar surface area (TPSA) is 53.9 Å². The average Bonchev–Trinajstić information content (AvgIpc) is 2.61. The summed E-state index contributed by atoms with van der Waals surface area (Å²) in [5, 5.41) is 3.91. The van der Waals surface area contributed by atoms with Gasteiger partial charge in [-0.15, -0.1) is 0 Å². The third-order valence-corrected chi connectivity index (χ3v) is 5.14. The summed E-state index contributed by atoms with van der Waals surface area (Å²) >= 11 is 24.0. The summed E-state index contributed by atoms with van der Waals surface area (Å²) in [6.45, 7) is 2.97. The van der Waals surface area contributed by atoms with Crippen molar-refractivity contribution in [1.29, 1.82) is 0 Å². The van der Waals surface area contributed by atoms with Gasteiger partial charge in [0.25, 0.3) is 0 Å². The smallest absolute Gasteiger partial charge is 0.250 e. The first-order valence-corrected chi connectivity index (χ1v) is 9.84. The molecular formula is C17H19Cl4N5. The maximum absolute atomic E-state index is 6.00. The summed E-state index contributed by atoms with van der Waals surface area (Å²) in [6, 6.07) is 7.17. The first-order valence-electron chi connectivity index (χ1n) is 8.33. The van der Waals surface area contributed by atoms with Crippen LogP contribution in [0.2, 0.25) is 5.02 Å². The Hall–Kier alpha value is -0.850. The van der Waals surface area contributed by atoms with Gasteiger partial charge in [-0.1, -0.05) is 46.4 Å². The van der Waals surface area contributed by atoms with E-state index in [2.05, 4.69) is 32.2 Å². The Morgan fingerprint density at radius 3 is 2.35 bits per heavy atom. The molecule has 1 fully saturated rings. The Morgan fingerprint density at radius 2 is 1.73 bits per heavy atom. The van der Waals surface area contributed by atoms with E-state index in [0.29, 0.717) is 22.7 Å². The molecular weight excluding hydrogens is 416 g/mol. The largest absolute Gasteiger partial charge is 0.354 e. The fourth-order valence-corrected chi connectivity index (χ4v) is 3.19. The predicted octanol–water partition coefficient (Wildman–Crippen LogP) is 4.77. The highest BCUT2D eigenvalue weighted by Gasteiger charge is 2.28. The minimum atomic E-state index is -1.73. The molecule has 0 amide bonds. The summed E-state index contributed by atoms with van der Waals surface area (Å²) in [4.78, 5) is 15.4. The molecule has 2 aromatic rings. The first-order chi connectivity index (χ1) is 12.3. The molecule has 26 heavy (non-hydrogen) atoms. The van der Waals surface area contributed by atoms with Gasteiger partial charge in [-0.25, -0.2) is 4.98 Å². The number of anilines is 1. The number of nitrogens with one attached hydrogen (secondary N) is 1. The second-order valence-electron chi connectivity index (χ2n) is 6.44. The first kappa shape index (κ1) is 19.9. The molecule has 0 radical (unpaired) electrons. The third kappa shape index (κ3) is 5.33. The van der Waals surface area contributed by atoms with E-state index >= 15 is 0 Å². The number of nitrogens with zero attached hydrogens (tertiary/aromatic N) is 4. The fraction of sp³-hybridized carbons (Fsp3) is 0.471. The summed E-state index contributed by atoms with van der Waals surface area (Å²) in [7, 11) is 2.14. The molecule has 3 rings (SSSR count). The van der Waals surface area contributed by atoms with Crippen molar-refractivity contribution < 1.29 is 0 Å². The molecule has 140 valence electrons. The van der Waals surface area contributed by atoms with E-state index in [1.807, 2.05) is 12.1 Å². The van der Waals surface area contributed by atoms with Crippen molar-refractivity contribution in [3.8, 4) is 11.4 Å². The Labute approximate surface area is 173 Å². The summed E-state index contributed by atoms with van der Waals surface area (Å²) in [5.74, 6) is 1.50. The molecule has 1 aromatic heterocycles. The van der Waals surface area contributed by atoms with Gasteiger partial charge >= 0.3 is 0 Å². The van der Waals surface area contributed by atoms with E-state index in [0.717, 1.165) is 38.0 Å². The highest BCUT2D eigenvalue weighted by Crippen LogP contribution is 2.37. The van der Waals surface area contributed by atoms with Crippen LogP contribution in [0.3, 0.4) is 0 Å². The van der Waals surface area contributed by atoms with Crippen LogP contribution in [0.5, 0.6) is 0 Å². The molecule has 1 N–H and O–H groups in total. The predicted molar refractivity (Wildman–Crippen MR) is 108 cm³/mol. The number of piperidine rings is 1. The minimum absolute atomic E-state index is 0.0910. The summed E-state index contributed by atoms with van der Waals surface area (Å²) < 4.78 is -1.73. The highest BCUT2D eigenvalue weighted by atomic mass is 35.6. The van der Waals surface area contributed by atoms with E-state index < -0.39 is 3.79 Å². The summed E-state index contributed by atoms with van der Waals surface area (Å²) in [6.07, 6.45) is 2.27. The van der Waals surface area contributed by atoms with Gasteiger partial charge < -0.3 is 10.2 Å². The van der Waals surface area contributed by atoms with Gasteiger partial charge in [0.05, 0.1) is 0 Å². The minimum Gasteiger partial charge on any atom is -0.354 e. The Kier molecular flexibility index (Phi) is 6.46. The van der Waals surface area contributed by atoms with Crippen molar-refractivity contribution in [3.05, 3.63) is 35.1 Å². The molecule has 1 saturated heterocycles. The van der Waals surface area contributed by atoms with Crippen LogP contribution in [0.25, 0.3) is 11.4 Å². The number of likely N-dealkylation sites (tertiary alicyclic amines) is 1. The Morgan fingerprint density at radius 1 is 1.08 bits per heavy atom. The van der Waals surface area contributed by atoms with E-state index in [-0.39, 0.29) is 5.82 Å². The van der Waals surface area contributed by atoms with Gasteiger partial charge in [-0.3, -0.25) is 0 Å². The number of rotatable bonds is 4. The second-order valence-corrected chi connectivity index (χ2v) is 9.16. The van der Waals surface area contributed by atoms with E-state index in [9.17, 15) is 0 Å². The lowest BCUT2D eigenvalue weighted by molar-refractivity contribution is 0.226. The normalized spacial score (nSPS) is 16.7. The molecule has 1 aromatic carbocycles. The van der Waals surface area contributed by atoms with Gasteiger partial charge in [0.1, 0.15) is 0 Å². The molecule has 0 saturated carbocycles. The summed E-state index contributed by atoms with van der Waals surface area (Å²) in [5.41, 5.74) is 0.773. The van der Waals surface area contributed by atoms with Crippen LogP contribution in [0, 0.1) is 5.92 Å². The van der Waals surface area contributed by atoms with Gasteiger partial charge in [0, 0.05) is 17.1 Å². The number of hydrogen-bond acceptors (Lipinski definition) is 5. The van der Waals surface area contributed by atoms with Crippen molar-refractivity contribution in [2.45, 2.75) is 16.6 Å². The van der Waals surface area contributed by atoms with Crippen molar-refractivity contribution >= 4 is 52.4 Å². The molecule has 0 atom stereocenters. The molecule has 0 aliphatic carbocycles. The number of aromatic nitrogens is 3. The van der Waals surface area contributed by atoms with Crippen LogP contribution in [0.15, 0.2) is 24.3 Å². The number of halogens is 4. The molecule has 9 heteroatoms. The van der Waals surface area contributed by atoms with Gasteiger partial charge in [-0.2, -0.15) is 9.97 Å². The molecule has 2 heterocycles. The SMILES string of the molecule is CN1CCC(CNc2nc(-c3ccc(Cl)cc3)nc(C(Cl)(Cl)Cl)n2)CC1. The second kappa shape index (κ2) is 8.44. The molecule has 1 aliphatic heterocycles. The maximum Gasteiger partial charge on any atom is 0.250 e. The molecule has 5 nitrogen and oxygen atoms in total. The highest BCUT2D eigenvalue weighted by molar-refractivity contribution is 6.66. The van der Waals surface area contributed by atoms with Crippen LogP contribution in [-0.2, 0) is 3.79 Å². The lowest BCUT2D eigenvalue weighted by Gasteiger charge is -2.29. The molecule has 0 spiro atoms. The van der Waals surface area contributed by atoms with Gasteiger partial charge in [-0.05, 0) is 63.2 Å². The Bertz CT molecular complexity index is 740. The molecule has 1 aliphatic rings. The van der Waals surface area contributed by atoms with Crippen LogP contribution >= 0.6 is 46.4 Å². The van der Waals surface area contributed by atoms with Crippen LogP contribution < -0.4 is 5.32 Å². The zero-order chi connectivity index (χ0) is 18.7. The van der Waals surface area contributed by atoms with Crippen molar-refractivity contribution in [2.75, 3.05) is 32.0 Å². The lowest BCUT2D eigenvalue weighted by atomic mass is 9.97. The van der Waals surface area contributed by atoms with Gasteiger partial charge in [0.2, 0.25) is 9.74 Å². The zero-order valence-electron chi connectivity index (χ0n) is 14.2. The van der Waals surface area contributed by atoms with Crippen LogP contribution in [-0.4, -0.2) is 46.5 Å². The monoisotopic (exact) mass is 433 g/mol. The lowest BCUT2D eigenvalue weighted by Crippen LogP contribution is -2.33.